The van der Waals surface area contributed by atoms with Gasteiger partial charge in [0.05, 0.1) is 17.6 Å². The first-order chi connectivity index (χ1) is 13.4. The minimum Gasteiger partial charge on any atom is -0.378 e. The van der Waals surface area contributed by atoms with Crippen molar-refractivity contribution < 1.29 is 4.79 Å². The van der Waals surface area contributed by atoms with Crippen molar-refractivity contribution in [1.29, 1.82) is 5.26 Å². The highest BCUT2D eigenvalue weighted by Gasteiger charge is 2.33. The maximum Gasteiger partial charge on any atom is 0.254 e. The Morgan fingerprint density at radius 1 is 1.04 bits per heavy atom. The average Bonchev–Trinajstić information content (AvgIpc) is 2.68. The molecule has 3 rings (SSSR count). The quantitative estimate of drug-likeness (QED) is 0.846. The molecule has 1 heterocycles. The van der Waals surface area contributed by atoms with Crippen LogP contribution >= 0.6 is 0 Å². The Hall–Kier alpha value is -3.52. The second-order valence-corrected chi connectivity index (χ2v) is 7.05. The van der Waals surface area contributed by atoms with Crippen LogP contribution in [0.2, 0.25) is 0 Å². The SMILES string of the molecule is CC1=C(C#N)[C@@H](c2ccc(N(C)C)cc2)C(C(=O)Nc2ccccc2)=C(C)N1. The van der Waals surface area contributed by atoms with E-state index in [1.165, 1.54) is 0 Å². The van der Waals surface area contributed by atoms with E-state index < -0.39 is 5.92 Å². The fraction of sp³-hybridized carbons (Fsp3) is 0.217. The zero-order valence-electron chi connectivity index (χ0n) is 16.6. The molecule has 0 bridgehead atoms. The maximum atomic E-state index is 13.2. The van der Waals surface area contributed by atoms with Crippen molar-refractivity contribution in [1.82, 2.24) is 5.32 Å². The number of hydrogen-bond acceptors (Lipinski definition) is 4. The monoisotopic (exact) mass is 372 g/mol. The molecule has 1 aliphatic rings. The standard InChI is InChI=1S/C23H24N4O/c1-15-20(14-24)22(17-10-12-19(13-11-17)27(3)4)21(16(2)25-15)23(28)26-18-8-6-5-7-9-18/h5-13,22,25H,1-4H3,(H,26,28)/t22-/m1/s1. The van der Waals surface area contributed by atoms with Crippen LogP contribution in [0.25, 0.3) is 0 Å². The lowest BCUT2D eigenvalue weighted by molar-refractivity contribution is -0.113. The molecule has 2 aromatic rings. The summed E-state index contributed by atoms with van der Waals surface area (Å²) in [5, 5.41) is 15.9. The van der Waals surface area contributed by atoms with Gasteiger partial charge in [0.2, 0.25) is 0 Å². The average molecular weight is 372 g/mol. The molecule has 0 unspecified atom stereocenters. The molecule has 0 spiro atoms. The molecule has 0 radical (unpaired) electrons. The zero-order chi connectivity index (χ0) is 20.3. The first-order valence-corrected chi connectivity index (χ1v) is 9.14. The number of anilines is 2. The highest BCUT2D eigenvalue weighted by molar-refractivity contribution is 6.06. The third kappa shape index (κ3) is 3.77. The number of nitriles is 1. The van der Waals surface area contributed by atoms with Crippen LogP contribution in [0.3, 0.4) is 0 Å². The minimum absolute atomic E-state index is 0.210. The number of rotatable bonds is 4. The summed E-state index contributed by atoms with van der Waals surface area (Å²) in [5.74, 6) is -0.621. The predicted octanol–water partition coefficient (Wildman–Crippen LogP) is 4.15. The predicted molar refractivity (Wildman–Crippen MR) is 113 cm³/mol. The van der Waals surface area contributed by atoms with Gasteiger partial charge < -0.3 is 15.5 Å². The molecule has 0 aliphatic carbocycles. The lowest BCUT2D eigenvalue weighted by atomic mass is 9.80. The molecule has 1 amide bonds. The van der Waals surface area contributed by atoms with Gasteiger partial charge in [-0.15, -0.1) is 0 Å². The highest BCUT2D eigenvalue weighted by Crippen LogP contribution is 2.38. The van der Waals surface area contributed by atoms with Crippen LogP contribution in [0.1, 0.15) is 25.3 Å². The fourth-order valence-electron chi connectivity index (χ4n) is 3.46. The number of dihydropyridines is 1. The van der Waals surface area contributed by atoms with Crippen LogP contribution < -0.4 is 15.5 Å². The van der Waals surface area contributed by atoms with Crippen LogP contribution in [0.4, 0.5) is 11.4 Å². The van der Waals surface area contributed by atoms with Gasteiger partial charge in [0.15, 0.2) is 0 Å². The minimum atomic E-state index is -0.411. The number of carbonyl (C=O) groups is 1. The second kappa shape index (κ2) is 8.01. The van der Waals surface area contributed by atoms with Crippen molar-refractivity contribution >= 4 is 17.3 Å². The van der Waals surface area contributed by atoms with E-state index in [0.717, 1.165) is 28.3 Å². The summed E-state index contributed by atoms with van der Waals surface area (Å²) >= 11 is 0. The molecule has 2 N–H and O–H groups in total. The molecular formula is C23H24N4O. The van der Waals surface area contributed by atoms with E-state index in [2.05, 4.69) is 16.7 Å². The Kier molecular flexibility index (Phi) is 5.51. The highest BCUT2D eigenvalue weighted by atomic mass is 16.1. The molecule has 142 valence electrons. The Labute approximate surface area is 166 Å². The summed E-state index contributed by atoms with van der Waals surface area (Å²) in [6, 6.07) is 19.6. The van der Waals surface area contributed by atoms with Crippen molar-refractivity contribution in [2.45, 2.75) is 19.8 Å². The van der Waals surface area contributed by atoms with Crippen LogP contribution in [-0.2, 0) is 4.79 Å². The Balaban J connectivity index is 2.04. The first kappa shape index (κ1) is 19.2. The molecule has 28 heavy (non-hydrogen) atoms. The van der Waals surface area contributed by atoms with Gasteiger partial charge >= 0.3 is 0 Å². The Morgan fingerprint density at radius 3 is 2.25 bits per heavy atom. The number of benzene rings is 2. The van der Waals surface area contributed by atoms with Crippen molar-refractivity contribution in [3.63, 3.8) is 0 Å². The smallest absolute Gasteiger partial charge is 0.254 e. The molecule has 1 aliphatic heterocycles. The van der Waals surface area contributed by atoms with Crippen molar-refractivity contribution in [2.24, 2.45) is 0 Å². The molecule has 0 saturated heterocycles. The van der Waals surface area contributed by atoms with E-state index in [1.54, 1.807) is 0 Å². The lowest BCUT2D eigenvalue weighted by Gasteiger charge is -2.29. The van der Waals surface area contributed by atoms with E-state index in [0.29, 0.717) is 11.1 Å². The van der Waals surface area contributed by atoms with Crippen molar-refractivity contribution in [3.05, 3.63) is 82.7 Å². The van der Waals surface area contributed by atoms with Gasteiger partial charge in [0, 0.05) is 42.4 Å². The molecule has 2 aromatic carbocycles. The summed E-state index contributed by atoms with van der Waals surface area (Å²) in [6.07, 6.45) is 0. The molecule has 0 saturated carbocycles. The summed E-state index contributed by atoms with van der Waals surface area (Å²) < 4.78 is 0. The van der Waals surface area contributed by atoms with E-state index in [1.807, 2.05) is 87.4 Å². The summed E-state index contributed by atoms with van der Waals surface area (Å²) in [5.41, 5.74) is 5.35. The number of nitrogens with one attached hydrogen (secondary N) is 2. The topological polar surface area (TPSA) is 68.2 Å². The third-order valence-electron chi connectivity index (χ3n) is 4.90. The Morgan fingerprint density at radius 2 is 1.68 bits per heavy atom. The molecule has 1 atom stereocenters. The van der Waals surface area contributed by atoms with Gasteiger partial charge in [0.1, 0.15) is 0 Å². The molecule has 0 fully saturated rings. The second-order valence-electron chi connectivity index (χ2n) is 7.05. The van der Waals surface area contributed by atoms with E-state index in [4.69, 9.17) is 0 Å². The normalized spacial score (nSPS) is 16.3. The molecular weight excluding hydrogens is 348 g/mol. The van der Waals surface area contributed by atoms with Crippen LogP contribution in [0.5, 0.6) is 0 Å². The fourth-order valence-corrected chi connectivity index (χ4v) is 3.46. The Bertz CT molecular complexity index is 980. The third-order valence-corrected chi connectivity index (χ3v) is 4.90. The van der Waals surface area contributed by atoms with E-state index in [9.17, 15) is 10.1 Å². The number of carbonyl (C=O) groups excluding carboxylic acids is 1. The van der Waals surface area contributed by atoms with Gasteiger partial charge in [-0.25, -0.2) is 0 Å². The van der Waals surface area contributed by atoms with Crippen LogP contribution in [0, 0.1) is 11.3 Å². The first-order valence-electron chi connectivity index (χ1n) is 9.14. The van der Waals surface area contributed by atoms with E-state index >= 15 is 0 Å². The summed E-state index contributed by atoms with van der Waals surface area (Å²) in [4.78, 5) is 15.2. The molecule has 5 nitrogen and oxygen atoms in total. The zero-order valence-corrected chi connectivity index (χ0v) is 16.6. The number of para-hydroxylation sites is 1. The number of allylic oxidation sites excluding steroid dienone is 3. The van der Waals surface area contributed by atoms with Gasteiger partial charge in [-0.05, 0) is 43.7 Å². The van der Waals surface area contributed by atoms with Crippen molar-refractivity contribution in [3.8, 4) is 6.07 Å². The van der Waals surface area contributed by atoms with Gasteiger partial charge in [0.25, 0.3) is 5.91 Å². The largest absolute Gasteiger partial charge is 0.378 e. The van der Waals surface area contributed by atoms with Gasteiger partial charge in [-0.2, -0.15) is 5.26 Å². The number of amides is 1. The van der Waals surface area contributed by atoms with Crippen LogP contribution in [-0.4, -0.2) is 20.0 Å². The number of hydrogen-bond donors (Lipinski definition) is 2. The number of nitrogens with zero attached hydrogens (tertiary/aromatic N) is 2. The van der Waals surface area contributed by atoms with E-state index in [-0.39, 0.29) is 5.91 Å². The van der Waals surface area contributed by atoms with Gasteiger partial charge in [-0.3, -0.25) is 4.79 Å². The summed E-state index contributed by atoms with van der Waals surface area (Å²) in [7, 11) is 3.96. The molecule has 5 heteroatoms. The summed E-state index contributed by atoms with van der Waals surface area (Å²) in [6.45, 7) is 3.74. The van der Waals surface area contributed by atoms with Gasteiger partial charge in [-0.1, -0.05) is 30.3 Å². The molecule has 0 aromatic heterocycles. The van der Waals surface area contributed by atoms with Crippen molar-refractivity contribution in [2.75, 3.05) is 24.3 Å². The maximum absolute atomic E-state index is 13.2. The lowest BCUT2D eigenvalue weighted by Crippen LogP contribution is -2.30. The van der Waals surface area contributed by atoms with Crippen LogP contribution in [0.15, 0.2) is 77.1 Å².